The van der Waals surface area contributed by atoms with Crippen molar-refractivity contribution in [3.63, 3.8) is 0 Å². The second-order valence-electron chi connectivity index (χ2n) is 14.7. The maximum absolute atomic E-state index is 5.89. The largest absolute Gasteiger partial charge is 0.496 e. The van der Waals surface area contributed by atoms with Gasteiger partial charge in [-0.1, -0.05) is 86.4 Å². The third kappa shape index (κ3) is 6.63. The molecular formula is C42H52N2O2. The number of rotatable bonds is 10. The van der Waals surface area contributed by atoms with Crippen molar-refractivity contribution in [2.75, 3.05) is 14.2 Å². The molecule has 0 aliphatic rings. The highest BCUT2D eigenvalue weighted by Crippen LogP contribution is 2.41. The van der Waals surface area contributed by atoms with E-state index in [1.165, 1.54) is 33.0 Å². The zero-order valence-electron chi connectivity index (χ0n) is 29.7. The van der Waals surface area contributed by atoms with Crippen LogP contribution in [-0.2, 0) is 23.7 Å². The molecule has 0 aliphatic carbocycles. The lowest BCUT2D eigenvalue weighted by Crippen LogP contribution is -2.11. The molecule has 0 saturated heterocycles. The minimum atomic E-state index is 0.00930. The lowest BCUT2D eigenvalue weighted by atomic mass is 9.84. The molecule has 0 atom stereocenters. The molecule has 2 aromatic heterocycles. The van der Waals surface area contributed by atoms with E-state index in [2.05, 4.69) is 110 Å². The van der Waals surface area contributed by atoms with E-state index in [1.54, 1.807) is 14.2 Å². The molecule has 0 N–H and O–H groups in total. The zero-order valence-corrected chi connectivity index (χ0v) is 29.7. The average molecular weight is 617 g/mol. The Morgan fingerprint density at radius 2 is 1.15 bits per heavy atom. The number of benzene rings is 3. The van der Waals surface area contributed by atoms with Crippen LogP contribution in [0.15, 0.2) is 60.8 Å². The predicted molar refractivity (Wildman–Crippen MR) is 196 cm³/mol. The van der Waals surface area contributed by atoms with Gasteiger partial charge in [-0.2, -0.15) is 0 Å². The molecule has 0 fully saturated rings. The second-order valence-corrected chi connectivity index (χ2v) is 14.7. The van der Waals surface area contributed by atoms with Gasteiger partial charge in [-0.3, -0.25) is 4.98 Å². The maximum Gasteiger partial charge on any atom is 0.128 e. The molecule has 46 heavy (non-hydrogen) atoms. The maximum atomic E-state index is 5.89. The van der Waals surface area contributed by atoms with Crippen molar-refractivity contribution in [2.24, 2.45) is 0 Å². The van der Waals surface area contributed by atoms with E-state index in [4.69, 9.17) is 19.4 Å². The molecule has 4 heteroatoms. The zero-order chi connectivity index (χ0) is 33.2. The first kappa shape index (κ1) is 33.4. The van der Waals surface area contributed by atoms with Gasteiger partial charge in [0.1, 0.15) is 11.5 Å². The minimum absolute atomic E-state index is 0.00930. The summed E-state index contributed by atoms with van der Waals surface area (Å²) in [6, 6.07) is 19.8. The second kappa shape index (κ2) is 13.4. The van der Waals surface area contributed by atoms with Crippen molar-refractivity contribution >= 4 is 21.8 Å². The lowest BCUT2D eigenvalue weighted by Gasteiger charge is -2.22. The Morgan fingerprint density at radius 3 is 1.70 bits per heavy atom. The van der Waals surface area contributed by atoms with Crippen molar-refractivity contribution < 1.29 is 9.47 Å². The third-order valence-electron chi connectivity index (χ3n) is 9.30. The summed E-state index contributed by atoms with van der Waals surface area (Å²) in [6.07, 6.45) is 8.62. The number of methoxy groups -OCH3 is 2. The average Bonchev–Trinajstić information content (AvgIpc) is 3.04. The molecule has 5 aromatic rings. The van der Waals surface area contributed by atoms with Gasteiger partial charge < -0.3 is 9.47 Å². The summed E-state index contributed by atoms with van der Waals surface area (Å²) in [4.78, 5) is 10.6. The van der Waals surface area contributed by atoms with Crippen LogP contribution < -0.4 is 9.47 Å². The number of unbranched alkanes of at least 4 members (excludes halogenated alkanes) is 2. The van der Waals surface area contributed by atoms with Gasteiger partial charge in [0, 0.05) is 33.7 Å². The highest BCUT2D eigenvalue weighted by atomic mass is 16.5. The topological polar surface area (TPSA) is 44.2 Å². The first-order valence-electron chi connectivity index (χ1n) is 17.0. The number of fused-ring (bicyclic) bond motifs is 3. The minimum Gasteiger partial charge on any atom is -0.496 e. The smallest absolute Gasteiger partial charge is 0.128 e. The summed E-state index contributed by atoms with van der Waals surface area (Å²) >= 11 is 0. The Bertz CT molecular complexity index is 1860. The number of aryl methyl sites for hydroxylation is 2. The van der Waals surface area contributed by atoms with Crippen LogP contribution in [0.2, 0.25) is 0 Å². The number of hydrogen-bond donors (Lipinski definition) is 0. The summed E-state index contributed by atoms with van der Waals surface area (Å²) in [5, 5.41) is 2.42. The fourth-order valence-corrected chi connectivity index (χ4v) is 6.44. The van der Waals surface area contributed by atoms with Gasteiger partial charge in [0.2, 0.25) is 0 Å². The van der Waals surface area contributed by atoms with Crippen molar-refractivity contribution in [3.05, 3.63) is 83.0 Å². The van der Waals surface area contributed by atoms with Crippen LogP contribution in [0.3, 0.4) is 0 Å². The van der Waals surface area contributed by atoms with Crippen molar-refractivity contribution in [1.82, 2.24) is 9.97 Å². The predicted octanol–water partition coefficient (Wildman–Crippen LogP) is 11.4. The summed E-state index contributed by atoms with van der Waals surface area (Å²) in [7, 11) is 3.49. The van der Waals surface area contributed by atoms with Gasteiger partial charge in [-0.15, -0.1) is 0 Å². The monoisotopic (exact) mass is 616 g/mol. The molecule has 242 valence electrons. The number of ether oxygens (including phenoxy) is 2. The number of hydrogen-bond acceptors (Lipinski definition) is 4. The van der Waals surface area contributed by atoms with Gasteiger partial charge in [-0.25, -0.2) is 4.98 Å². The summed E-state index contributed by atoms with van der Waals surface area (Å²) in [5.41, 5.74) is 11.4. The van der Waals surface area contributed by atoms with Crippen molar-refractivity contribution in [1.29, 1.82) is 0 Å². The molecule has 5 rings (SSSR count). The Morgan fingerprint density at radius 1 is 0.609 bits per heavy atom. The van der Waals surface area contributed by atoms with Crippen LogP contribution >= 0.6 is 0 Å². The molecule has 0 amide bonds. The molecule has 3 aromatic carbocycles. The Kier molecular flexibility index (Phi) is 9.77. The summed E-state index contributed by atoms with van der Waals surface area (Å²) in [5.74, 6) is 1.69. The number of pyridine rings is 2. The first-order valence-corrected chi connectivity index (χ1v) is 17.0. The van der Waals surface area contributed by atoms with Crippen LogP contribution in [0.1, 0.15) is 103 Å². The van der Waals surface area contributed by atoms with Crippen LogP contribution in [-0.4, -0.2) is 24.2 Å². The van der Waals surface area contributed by atoms with Gasteiger partial charge >= 0.3 is 0 Å². The molecule has 0 saturated carbocycles. The molecule has 0 bridgehead atoms. The molecule has 4 nitrogen and oxygen atoms in total. The molecule has 0 spiro atoms. The van der Waals surface area contributed by atoms with Crippen molar-refractivity contribution in [2.45, 2.75) is 105 Å². The standard InChI is InChI=1S/C42H52N2O2/c1-11-13-15-30-31(16-14-12-2)34-23-27(33-24-28(41(3,4)5)17-21-37(33)45-9)26-43-39(34)40-32(30)19-20-36(44-40)35-25-29(42(6,7)8)18-22-38(35)46-10/h17-26H,11-16H2,1-10H3. The Labute approximate surface area is 276 Å². The molecular weight excluding hydrogens is 564 g/mol. The molecule has 0 unspecified atom stereocenters. The van der Waals surface area contributed by atoms with E-state index >= 15 is 0 Å². The Hall–Kier alpha value is -3.92. The quantitative estimate of drug-likeness (QED) is 0.146. The number of aromatic nitrogens is 2. The Balaban J connectivity index is 1.84. The van der Waals surface area contributed by atoms with Crippen LogP contribution in [0.5, 0.6) is 11.5 Å². The molecule has 0 aliphatic heterocycles. The fourth-order valence-electron chi connectivity index (χ4n) is 6.44. The first-order chi connectivity index (χ1) is 21.9. The third-order valence-corrected chi connectivity index (χ3v) is 9.30. The van der Waals surface area contributed by atoms with Crippen molar-refractivity contribution in [3.8, 4) is 33.9 Å². The van der Waals surface area contributed by atoms with E-state index in [1.807, 2.05) is 6.20 Å². The van der Waals surface area contributed by atoms with Gasteiger partial charge in [0.25, 0.3) is 0 Å². The van der Waals surface area contributed by atoms with Gasteiger partial charge in [-0.05, 0) is 95.2 Å². The fraction of sp³-hybridized carbons (Fsp3) is 0.429. The lowest BCUT2D eigenvalue weighted by molar-refractivity contribution is 0.415. The van der Waals surface area contributed by atoms with E-state index in [0.717, 1.165) is 83.4 Å². The van der Waals surface area contributed by atoms with E-state index in [0.29, 0.717) is 0 Å². The van der Waals surface area contributed by atoms with E-state index in [9.17, 15) is 0 Å². The summed E-state index contributed by atoms with van der Waals surface area (Å²) in [6.45, 7) is 18.0. The normalized spacial score (nSPS) is 12.2. The van der Waals surface area contributed by atoms with Crippen LogP contribution in [0.25, 0.3) is 44.2 Å². The van der Waals surface area contributed by atoms with Crippen LogP contribution in [0.4, 0.5) is 0 Å². The SMILES string of the molecule is CCCCc1c(CCCC)c2ccc(-c3cc(C(C)(C)C)ccc3OC)nc2c2ncc(-c3cc(C(C)(C)C)ccc3OC)cc12. The summed E-state index contributed by atoms with van der Waals surface area (Å²) < 4.78 is 11.7. The van der Waals surface area contributed by atoms with E-state index in [-0.39, 0.29) is 10.8 Å². The van der Waals surface area contributed by atoms with Gasteiger partial charge in [0.05, 0.1) is 30.9 Å². The molecule has 2 heterocycles. The van der Waals surface area contributed by atoms with Crippen LogP contribution in [0, 0.1) is 0 Å². The highest BCUT2D eigenvalue weighted by Gasteiger charge is 2.22. The van der Waals surface area contributed by atoms with Gasteiger partial charge in [0.15, 0.2) is 0 Å². The van der Waals surface area contributed by atoms with E-state index < -0.39 is 0 Å². The highest BCUT2D eigenvalue weighted by molar-refractivity contribution is 6.08. The number of nitrogens with zero attached hydrogens (tertiary/aromatic N) is 2. The molecule has 0 radical (unpaired) electrons.